The van der Waals surface area contributed by atoms with Crippen LogP contribution in [-0.2, 0) is 23.0 Å². The molecule has 5 heteroatoms. The van der Waals surface area contributed by atoms with Crippen LogP contribution in [0.4, 0.5) is 5.82 Å². The maximum atomic E-state index is 6.17. The van der Waals surface area contributed by atoms with Gasteiger partial charge in [0.05, 0.1) is 12.8 Å². The third-order valence-electron chi connectivity index (χ3n) is 4.81. The highest BCUT2D eigenvalue weighted by molar-refractivity contribution is 5.77. The molecule has 0 atom stereocenters. The van der Waals surface area contributed by atoms with Crippen molar-refractivity contribution in [1.82, 2.24) is 9.97 Å². The number of rotatable bonds is 5. The molecule has 1 aliphatic rings. The summed E-state index contributed by atoms with van der Waals surface area (Å²) in [6.07, 6.45) is 4.33. The molecule has 2 aromatic rings. The maximum Gasteiger partial charge on any atom is 0.131 e. The summed E-state index contributed by atoms with van der Waals surface area (Å²) in [6, 6.07) is 4.12. The Labute approximate surface area is 143 Å². The zero-order valence-electron chi connectivity index (χ0n) is 14.8. The number of hydrogen-bond donors (Lipinski definition) is 1. The van der Waals surface area contributed by atoms with Crippen molar-refractivity contribution in [3.8, 4) is 17.0 Å². The Balaban J connectivity index is 2.18. The molecule has 128 valence electrons. The zero-order chi connectivity index (χ0) is 17.3. The van der Waals surface area contributed by atoms with Crippen LogP contribution in [0, 0.1) is 0 Å². The Morgan fingerprint density at radius 3 is 2.71 bits per heavy atom. The lowest BCUT2D eigenvalue weighted by molar-refractivity contribution is 0.195. The van der Waals surface area contributed by atoms with Gasteiger partial charge in [0.1, 0.15) is 17.9 Å². The largest absolute Gasteiger partial charge is 0.496 e. The van der Waals surface area contributed by atoms with E-state index < -0.39 is 0 Å². The van der Waals surface area contributed by atoms with Gasteiger partial charge in [-0.05, 0) is 47.9 Å². The fourth-order valence-corrected chi connectivity index (χ4v) is 3.75. The Morgan fingerprint density at radius 2 is 2.00 bits per heavy atom. The summed E-state index contributed by atoms with van der Waals surface area (Å²) in [5.74, 6) is 1.51. The van der Waals surface area contributed by atoms with Gasteiger partial charge in [-0.1, -0.05) is 13.8 Å². The van der Waals surface area contributed by atoms with E-state index in [9.17, 15) is 0 Å². The third-order valence-corrected chi connectivity index (χ3v) is 4.81. The minimum atomic E-state index is -0.115. The number of aromatic nitrogens is 2. The van der Waals surface area contributed by atoms with E-state index >= 15 is 0 Å². The molecule has 24 heavy (non-hydrogen) atoms. The van der Waals surface area contributed by atoms with E-state index in [1.165, 1.54) is 11.1 Å². The predicted octanol–water partition coefficient (Wildman–Crippen LogP) is 3.15. The molecule has 1 heterocycles. The highest BCUT2D eigenvalue weighted by atomic mass is 16.5. The normalized spacial score (nSPS) is 14.8. The Bertz CT molecular complexity index is 757. The second-order valence-corrected chi connectivity index (χ2v) is 6.91. The van der Waals surface area contributed by atoms with Gasteiger partial charge in [-0.2, -0.15) is 0 Å². The Morgan fingerprint density at radius 1 is 1.21 bits per heavy atom. The number of anilines is 1. The molecule has 1 aliphatic carbocycles. The van der Waals surface area contributed by atoms with Crippen LogP contribution in [0.1, 0.15) is 37.0 Å². The number of fused-ring (bicyclic) bond motifs is 3. The zero-order valence-corrected chi connectivity index (χ0v) is 14.8. The molecule has 0 bridgehead atoms. The molecule has 0 saturated heterocycles. The number of nitrogens with two attached hydrogens (primary N) is 1. The number of benzene rings is 1. The lowest BCUT2D eigenvalue weighted by Gasteiger charge is -2.35. The first kappa shape index (κ1) is 16.7. The number of hydrogen-bond acceptors (Lipinski definition) is 5. The van der Waals surface area contributed by atoms with Crippen molar-refractivity contribution in [2.24, 2.45) is 0 Å². The first-order chi connectivity index (χ1) is 11.5. The summed E-state index contributed by atoms with van der Waals surface area (Å²) in [4.78, 5) is 8.76. The van der Waals surface area contributed by atoms with Crippen LogP contribution in [0.15, 0.2) is 18.5 Å². The van der Waals surface area contributed by atoms with E-state index in [2.05, 4.69) is 29.9 Å². The minimum absolute atomic E-state index is 0.115. The fourth-order valence-electron chi connectivity index (χ4n) is 3.75. The molecule has 5 nitrogen and oxygen atoms in total. The highest BCUT2D eigenvalue weighted by Crippen LogP contribution is 2.46. The molecule has 1 aromatic heterocycles. The van der Waals surface area contributed by atoms with Gasteiger partial charge in [0, 0.05) is 24.8 Å². The van der Waals surface area contributed by atoms with Crippen LogP contribution in [0.3, 0.4) is 0 Å². The van der Waals surface area contributed by atoms with Crippen LogP contribution >= 0.6 is 0 Å². The number of nitrogen functional groups attached to an aromatic ring is 1. The van der Waals surface area contributed by atoms with Gasteiger partial charge < -0.3 is 15.2 Å². The summed E-state index contributed by atoms with van der Waals surface area (Å²) in [5, 5.41) is 0. The van der Waals surface area contributed by atoms with E-state index in [0.29, 0.717) is 5.82 Å². The second kappa shape index (κ2) is 6.40. The third kappa shape index (κ3) is 2.73. The summed E-state index contributed by atoms with van der Waals surface area (Å²) in [6.45, 7) is 5.14. The molecular formula is C19H25N3O2. The van der Waals surface area contributed by atoms with Crippen molar-refractivity contribution >= 4 is 5.82 Å². The molecule has 0 amide bonds. The topological polar surface area (TPSA) is 70.3 Å². The van der Waals surface area contributed by atoms with Crippen molar-refractivity contribution < 1.29 is 9.47 Å². The van der Waals surface area contributed by atoms with E-state index in [4.69, 9.17) is 15.2 Å². The molecule has 0 aliphatic heterocycles. The van der Waals surface area contributed by atoms with E-state index in [0.717, 1.165) is 48.4 Å². The van der Waals surface area contributed by atoms with Gasteiger partial charge in [0.25, 0.3) is 0 Å². The summed E-state index contributed by atoms with van der Waals surface area (Å²) in [7, 11) is 3.46. The van der Waals surface area contributed by atoms with E-state index in [1.807, 2.05) is 6.07 Å². The molecule has 0 saturated carbocycles. The van der Waals surface area contributed by atoms with Gasteiger partial charge in [0.2, 0.25) is 0 Å². The summed E-state index contributed by atoms with van der Waals surface area (Å²) < 4.78 is 10.8. The van der Waals surface area contributed by atoms with Crippen LogP contribution in [-0.4, -0.2) is 30.8 Å². The average molecular weight is 327 g/mol. The molecule has 0 unspecified atom stereocenters. The monoisotopic (exact) mass is 327 g/mol. The summed E-state index contributed by atoms with van der Waals surface area (Å²) in [5.41, 5.74) is 11.8. The predicted molar refractivity (Wildman–Crippen MR) is 95.4 cm³/mol. The number of methoxy groups -OCH3 is 2. The van der Waals surface area contributed by atoms with Gasteiger partial charge in [0.15, 0.2) is 0 Å². The molecule has 0 spiro atoms. The maximum absolute atomic E-state index is 6.17. The highest BCUT2D eigenvalue weighted by Gasteiger charge is 2.36. The lowest BCUT2D eigenvalue weighted by Crippen LogP contribution is -2.29. The molecule has 0 radical (unpaired) electrons. The standard InChI is InChI=1S/C19H25N3O2/c1-19(2)10-14-12(6-5-9-23-3)15(24-4)8-7-13(14)17-16(19)18(20)22-11-21-17/h7-8,11H,5-6,9-10H2,1-4H3,(H2,20,21,22). The van der Waals surface area contributed by atoms with Crippen molar-refractivity contribution in [3.63, 3.8) is 0 Å². The molecule has 2 N–H and O–H groups in total. The van der Waals surface area contributed by atoms with Crippen LogP contribution in [0.2, 0.25) is 0 Å². The van der Waals surface area contributed by atoms with Crippen LogP contribution in [0.5, 0.6) is 5.75 Å². The van der Waals surface area contributed by atoms with Crippen molar-refractivity contribution in [2.75, 3.05) is 26.6 Å². The van der Waals surface area contributed by atoms with Gasteiger partial charge in [-0.15, -0.1) is 0 Å². The molecule has 3 rings (SSSR count). The van der Waals surface area contributed by atoms with Crippen LogP contribution < -0.4 is 10.5 Å². The quantitative estimate of drug-likeness (QED) is 0.854. The van der Waals surface area contributed by atoms with Crippen molar-refractivity contribution in [1.29, 1.82) is 0 Å². The SMILES string of the molecule is COCCCc1c(OC)ccc2c1CC(C)(C)c1c(N)ncnc1-2. The average Bonchev–Trinajstić information content (AvgIpc) is 2.54. The smallest absolute Gasteiger partial charge is 0.131 e. The minimum Gasteiger partial charge on any atom is -0.496 e. The Hall–Kier alpha value is -2.14. The number of ether oxygens (including phenoxy) is 2. The lowest BCUT2D eigenvalue weighted by atomic mass is 9.70. The summed E-state index contributed by atoms with van der Waals surface area (Å²) >= 11 is 0. The number of nitrogens with zero attached hydrogens (tertiary/aromatic N) is 2. The van der Waals surface area contributed by atoms with Gasteiger partial charge >= 0.3 is 0 Å². The van der Waals surface area contributed by atoms with E-state index in [-0.39, 0.29) is 5.41 Å². The molecule has 0 fully saturated rings. The molecule has 1 aromatic carbocycles. The molecular weight excluding hydrogens is 302 g/mol. The van der Waals surface area contributed by atoms with Crippen molar-refractivity contribution in [3.05, 3.63) is 35.2 Å². The first-order valence-electron chi connectivity index (χ1n) is 8.28. The van der Waals surface area contributed by atoms with Gasteiger partial charge in [-0.3, -0.25) is 0 Å². The Kier molecular flexibility index (Phi) is 4.45. The fraction of sp³-hybridized carbons (Fsp3) is 0.474. The first-order valence-corrected chi connectivity index (χ1v) is 8.28. The van der Waals surface area contributed by atoms with E-state index in [1.54, 1.807) is 20.5 Å². The van der Waals surface area contributed by atoms with Gasteiger partial charge in [-0.25, -0.2) is 9.97 Å². The van der Waals surface area contributed by atoms with Crippen molar-refractivity contribution in [2.45, 2.75) is 38.5 Å². The van der Waals surface area contributed by atoms with Crippen LogP contribution in [0.25, 0.3) is 11.3 Å². The second-order valence-electron chi connectivity index (χ2n) is 6.91.